The Morgan fingerprint density at radius 1 is 1.24 bits per heavy atom. The van der Waals surface area contributed by atoms with E-state index >= 15 is 0 Å². The normalized spacial score (nSPS) is 31.0. The van der Waals surface area contributed by atoms with Crippen molar-refractivity contribution in [1.82, 2.24) is 15.1 Å². The largest absolute Gasteiger partial charge is 0.321 e. The van der Waals surface area contributed by atoms with Crippen LogP contribution in [0.15, 0.2) is 0 Å². The number of hydrogen-bond donors (Lipinski definition) is 1. The summed E-state index contributed by atoms with van der Waals surface area (Å²) in [6.07, 6.45) is 10.0. The van der Waals surface area contributed by atoms with Gasteiger partial charge in [0.25, 0.3) is 0 Å². The fraction of sp³-hybridized carbons (Fsp3) is 0.941. The molecule has 0 aromatic rings. The molecule has 1 aliphatic heterocycles. The Morgan fingerprint density at radius 2 is 1.86 bits per heavy atom. The maximum Gasteiger partial charge on any atom is 0.244 e. The Hall–Kier alpha value is -0.610. The van der Waals surface area contributed by atoms with Crippen LogP contribution in [0.25, 0.3) is 0 Å². The molecular weight excluding hydrogens is 262 g/mol. The lowest BCUT2D eigenvalue weighted by Gasteiger charge is -2.35. The van der Waals surface area contributed by atoms with Crippen LogP contribution < -0.4 is 5.32 Å². The lowest BCUT2D eigenvalue weighted by atomic mass is 9.97. The zero-order valence-corrected chi connectivity index (χ0v) is 13.9. The second-order valence-corrected chi connectivity index (χ2v) is 7.75. The molecule has 1 saturated heterocycles. The van der Waals surface area contributed by atoms with Gasteiger partial charge in [-0.1, -0.05) is 25.7 Å². The van der Waals surface area contributed by atoms with E-state index in [1.54, 1.807) is 0 Å². The van der Waals surface area contributed by atoms with Crippen LogP contribution in [0.3, 0.4) is 0 Å². The van der Waals surface area contributed by atoms with E-state index in [0.29, 0.717) is 17.9 Å². The molecular formula is C17H31N3O. The van der Waals surface area contributed by atoms with Gasteiger partial charge in [-0.05, 0) is 52.6 Å². The van der Waals surface area contributed by atoms with Gasteiger partial charge in [0.1, 0.15) is 0 Å². The summed E-state index contributed by atoms with van der Waals surface area (Å²) in [5.74, 6) is 1.06. The van der Waals surface area contributed by atoms with Crippen molar-refractivity contribution in [1.29, 1.82) is 0 Å². The van der Waals surface area contributed by atoms with Crippen LogP contribution in [0.1, 0.15) is 58.3 Å². The summed E-state index contributed by atoms with van der Waals surface area (Å²) < 4.78 is 0. The summed E-state index contributed by atoms with van der Waals surface area (Å²) in [7, 11) is 4.20. The molecule has 1 N–H and O–H groups in total. The number of rotatable bonds is 4. The summed E-state index contributed by atoms with van der Waals surface area (Å²) in [5.41, 5.74) is -0.214. The zero-order valence-electron chi connectivity index (χ0n) is 13.9. The Labute approximate surface area is 129 Å². The molecule has 3 fully saturated rings. The van der Waals surface area contributed by atoms with Gasteiger partial charge < -0.3 is 9.80 Å². The van der Waals surface area contributed by atoms with Crippen LogP contribution in [0, 0.1) is 5.92 Å². The predicted molar refractivity (Wildman–Crippen MR) is 84.9 cm³/mol. The van der Waals surface area contributed by atoms with E-state index in [4.69, 9.17) is 0 Å². The van der Waals surface area contributed by atoms with Gasteiger partial charge in [-0.2, -0.15) is 0 Å². The van der Waals surface area contributed by atoms with Gasteiger partial charge in [-0.25, -0.2) is 0 Å². The molecule has 120 valence electrons. The summed E-state index contributed by atoms with van der Waals surface area (Å²) in [6.45, 7) is 3.17. The smallest absolute Gasteiger partial charge is 0.244 e. The Balaban J connectivity index is 1.82. The molecule has 3 aliphatic rings. The summed E-state index contributed by atoms with van der Waals surface area (Å²) in [4.78, 5) is 17.6. The fourth-order valence-corrected chi connectivity index (χ4v) is 4.83. The number of nitrogens with one attached hydrogen (secondary N) is 1. The van der Waals surface area contributed by atoms with Crippen molar-refractivity contribution in [3.05, 3.63) is 0 Å². The number of carbonyl (C=O) groups excluding carboxylic acids is 1. The molecule has 0 aromatic heterocycles. The number of amides is 1. The highest BCUT2D eigenvalue weighted by Gasteiger charge is 2.55. The summed E-state index contributed by atoms with van der Waals surface area (Å²) in [5, 5.41) is 3.82. The summed E-state index contributed by atoms with van der Waals surface area (Å²) in [6, 6.07) is 0.297. The van der Waals surface area contributed by atoms with Gasteiger partial charge in [0, 0.05) is 12.6 Å². The van der Waals surface area contributed by atoms with Crippen LogP contribution in [-0.2, 0) is 4.79 Å². The maximum absolute atomic E-state index is 13.2. The quantitative estimate of drug-likeness (QED) is 0.863. The second kappa shape index (κ2) is 5.88. The molecule has 21 heavy (non-hydrogen) atoms. The third-order valence-electron chi connectivity index (χ3n) is 5.78. The topological polar surface area (TPSA) is 35.6 Å². The molecule has 4 heteroatoms. The van der Waals surface area contributed by atoms with Crippen molar-refractivity contribution in [2.75, 3.05) is 20.6 Å². The number of hydrogen-bond acceptors (Lipinski definition) is 3. The van der Waals surface area contributed by atoms with E-state index in [-0.39, 0.29) is 11.7 Å². The molecule has 1 amide bonds. The summed E-state index contributed by atoms with van der Waals surface area (Å²) >= 11 is 0. The molecule has 0 aromatic carbocycles. The lowest BCUT2D eigenvalue weighted by Crippen LogP contribution is -2.50. The fourth-order valence-electron chi connectivity index (χ4n) is 4.83. The van der Waals surface area contributed by atoms with Gasteiger partial charge in [0.2, 0.25) is 5.91 Å². The predicted octanol–water partition coefficient (Wildman–Crippen LogP) is 2.20. The number of nitrogens with zero attached hydrogens (tertiary/aromatic N) is 2. The molecule has 3 rings (SSSR count). The van der Waals surface area contributed by atoms with E-state index in [1.165, 1.54) is 38.5 Å². The average Bonchev–Trinajstić information content (AvgIpc) is 3.13. The average molecular weight is 293 g/mol. The highest BCUT2D eigenvalue weighted by atomic mass is 16.2. The van der Waals surface area contributed by atoms with Crippen molar-refractivity contribution in [3.8, 4) is 0 Å². The maximum atomic E-state index is 13.2. The van der Waals surface area contributed by atoms with Gasteiger partial charge in [-0.15, -0.1) is 0 Å². The van der Waals surface area contributed by atoms with Crippen molar-refractivity contribution in [2.45, 2.75) is 76.0 Å². The van der Waals surface area contributed by atoms with E-state index in [1.807, 2.05) is 0 Å². The molecule has 2 atom stereocenters. The molecule has 2 aliphatic carbocycles. The van der Waals surface area contributed by atoms with Gasteiger partial charge in [0.05, 0.1) is 11.7 Å². The van der Waals surface area contributed by atoms with Crippen molar-refractivity contribution in [2.24, 2.45) is 5.92 Å². The molecule has 0 bridgehead atoms. The van der Waals surface area contributed by atoms with E-state index < -0.39 is 0 Å². The molecule has 0 radical (unpaired) electrons. The third-order valence-corrected chi connectivity index (χ3v) is 5.78. The van der Waals surface area contributed by atoms with Crippen molar-refractivity contribution in [3.63, 3.8) is 0 Å². The standard InChI is InChI=1S/C17H31N3O/c1-13(12-19(2)3)20-15(14-8-4-5-9-14)18-17(16(20)21)10-6-7-11-17/h13-15,18H,4-12H2,1-3H3. The number of carbonyl (C=O) groups is 1. The first kappa shape index (κ1) is 15.3. The molecule has 2 unspecified atom stereocenters. The SMILES string of the molecule is CC(CN(C)C)N1C(=O)C2(CCCC2)NC1C1CCCC1. The van der Waals surface area contributed by atoms with Crippen LogP contribution in [-0.4, -0.2) is 54.1 Å². The van der Waals surface area contributed by atoms with Gasteiger partial charge >= 0.3 is 0 Å². The molecule has 1 spiro atoms. The molecule has 1 heterocycles. The van der Waals surface area contributed by atoms with Crippen LogP contribution in [0.5, 0.6) is 0 Å². The minimum Gasteiger partial charge on any atom is -0.321 e. The third kappa shape index (κ3) is 2.72. The van der Waals surface area contributed by atoms with E-state index in [2.05, 4.69) is 36.1 Å². The lowest BCUT2D eigenvalue weighted by molar-refractivity contribution is -0.135. The monoisotopic (exact) mass is 293 g/mol. The van der Waals surface area contributed by atoms with E-state index in [0.717, 1.165) is 19.4 Å². The molecule has 4 nitrogen and oxygen atoms in total. The second-order valence-electron chi connectivity index (χ2n) is 7.75. The highest BCUT2D eigenvalue weighted by Crippen LogP contribution is 2.41. The Morgan fingerprint density at radius 3 is 2.43 bits per heavy atom. The zero-order chi connectivity index (χ0) is 15.0. The first-order valence-electron chi connectivity index (χ1n) is 8.79. The number of likely N-dealkylation sites (N-methyl/N-ethyl adjacent to an activating group) is 1. The minimum atomic E-state index is -0.214. The first-order chi connectivity index (χ1) is 10.0. The van der Waals surface area contributed by atoms with Gasteiger partial charge in [-0.3, -0.25) is 10.1 Å². The Kier molecular flexibility index (Phi) is 4.28. The van der Waals surface area contributed by atoms with Crippen LogP contribution in [0.4, 0.5) is 0 Å². The van der Waals surface area contributed by atoms with Crippen molar-refractivity contribution < 1.29 is 4.79 Å². The van der Waals surface area contributed by atoms with Crippen LogP contribution >= 0.6 is 0 Å². The Bertz CT molecular complexity index is 383. The van der Waals surface area contributed by atoms with Crippen molar-refractivity contribution >= 4 is 5.91 Å². The first-order valence-corrected chi connectivity index (χ1v) is 8.79. The van der Waals surface area contributed by atoms with Crippen LogP contribution in [0.2, 0.25) is 0 Å². The van der Waals surface area contributed by atoms with Gasteiger partial charge in [0.15, 0.2) is 0 Å². The van der Waals surface area contributed by atoms with E-state index in [9.17, 15) is 4.79 Å². The minimum absolute atomic E-state index is 0.214. The highest BCUT2D eigenvalue weighted by molar-refractivity contribution is 5.89. The molecule has 2 saturated carbocycles.